The van der Waals surface area contributed by atoms with Crippen LogP contribution in [0.5, 0.6) is 11.5 Å². The molecule has 3 rings (SSSR count). The smallest absolute Gasteiger partial charge is 0.276 e. The van der Waals surface area contributed by atoms with Crippen LogP contribution in [0.25, 0.3) is 0 Å². The Kier molecular flexibility index (Phi) is 8.41. The number of aromatic nitrogens is 1. The molecule has 0 saturated heterocycles. The molecule has 1 aromatic heterocycles. The number of hydrogen-bond acceptors (Lipinski definition) is 5. The third-order valence-electron chi connectivity index (χ3n) is 4.85. The number of hydrazone groups is 1. The highest BCUT2D eigenvalue weighted by atomic mass is 16.5. The number of nitrogens with zero attached hydrogens (tertiary/aromatic N) is 2. The van der Waals surface area contributed by atoms with Gasteiger partial charge in [0.15, 0.2) is 11.5 Å². The largest absolute Gasteiger partial charge is 0.490 e. The number of rotatable bonds is 10. The van der Waals surface area contributed by atoms with Crippen molar-refractivity contribution in [1.82, 2.24) is 9.99 Å². The first kappa shape index (κ1) is 23.8. The van der Waals surface area contributed by atoms with Gasteiger partial charge in [-0.2, -0.15) is 5.10 Å². The van der Waals surface area contributed by atoms with E-state index in [9.17, 15) is 9.59 Å². The minimum absolute atomic E-state index is 0.0279. The average Bonchev–Trinajstić information content (AvgIpc) is 2.81. The van der Waals surface area contributed by atoms with Crippen LogP contribution in [0.4, 0.5) is 0 Å². The molecular weight excluding hydrogens is 418 g/mol. The van der Waals surface area contributed by atoms with Gasteiger partial charge in [0.25, 0.3) is 11.5 Å². The second kappa shape index (κ2) is 11.7. The summed E-state index contributed by atoms with van der Waals surface area (Å²) in [5.74, 6) is 0.712. The van der Waals surface area contributed by atoms with Crippen molar-refractivity contribution in [1.29, 1.82) is 0 Å². The number of amides is 1. The molecule has 1 N–H and O–H groups in total. The van der Waals surface area contributed by atoms with Gasteiger partial charge in [0.05, 0.1) is 26.0 Å². The Morgan fingerprint density at radius 2 is 1.85 bits per heavy atom. The number of aryl methyl sites for hydroxylation is 1. The number of carbonyl (C=O) groups excluding carboxylic acids is 1. The van der Waals surface area contributed by atoms with Crippen molar-refractivity contribution in [3.63, 3.8) is 0 Å². The predicted molar refractivity (Wildman–Crippen MR) is 129 cm³/mol. The quantitative estimate of drug-likeness (QED) is 0.374. The summed E-state index contributed by atoms with van der Waals surface area (Å²) in [6.07, 6.45) is 4.06. The van der Waals surface area contributed by atoms with E-state index in [-0.39, 0.29) is 11.1 Å². The third-order valence-corrected chi connectivity index (χ3v) is 4.85. The lowest BCUT2D eigenvalue weighted by molar-refractivity contribution is 0.0953. The van der Waals surface area contributed by atoms with E-state index in [1.54, 1.807) is 18.3 Å². The lowest BCUT2D eigenvalue weighted by atomic mass is 10.1. The molecule has 0 aliphatic rings. The molecule has 7 nitrogen and oxygen atoms in total. The summed E-state index contributed by atoms with van der Waals surface area (Å²) in [5, 5.41) is 4.01. The van der Waals surface area contributed by atoms with Crippen molar-refractivity contribution in [3.05, 3.63) is 93.4 Å². The van der Waals surface area contributed by atoms with Crippen LogP contribution in [0.15, 0.2) is 70.7 Å². The third kappa shape index (κ3) is 6.55. The zero-order valence-electron chi connectivity index (χ0n) is 19.2. The van der Waals surface area contributed by atoms with Gasteiger partial charge in [-0.25, -0.2) is 5.43 Å². The Balaban J connectivity index is 1.69. The van der Waals surface area contributed by atoms with Crippen molar-refractivity contribution in [3.8, 4) is 11.5 Å². The summed E-state index contributed by atoms with van der Waals surface area (Å²) in [6, 6.07) is 16.5. The number of benzene rings is 2. The maximum absolute atomic E-state index is 12.8. The zero-order chi connectivity index (χ0) is 23.6. The van der Waals surface area contributed by atoms with Gasteiger partial charge >= 0.3 is 0 Å². The van der Waals surface area contributed by atoms with Gasteiger partial charge in [0.1, 0.15) is 5.56 Å². The highest BCUT2D eigenvalue weighted by molar-refractivity contribution is 5.94. The van der Waals surface area contributed by atoms with Gasteiger partial charge in [-0.15, -0.1) is 0 Å². The topological polar surface area (TPSA) is 81.9 Å². The fraction of sp³-hybridized carbons (Fsp3) is 0.269. The first-order chi connectivity index (χ1) is 16.0. The van der Waals surface area contributed by atoms with Gasteiger partial charge in [-0.1, -0.05) is 36.8 Å². The second-order valence-corrected chi connectivity index (χ2v) is 7.53. The molecule has 0 aliphatic heterocycles. The molecule has 2 aromatic carbocycles. The molecule has 0 fully saturated rings. The molecule has 0 aliphatic carbocycles. The summed E-state index contributed by atoms with van der Waals surface area (Å²) >= 11 is 0. The number of carbonyl (C=O) groups is 1. The zero-order valence-corrected chi connectivity index (χ0v) is 19.2. The number of hydrogen-bond donors (Lipinski definition) is 1. The summed E-state index contributed by atoms with van der Waals surface area (Å²) in [5.41, 5.74) is 4.94. The normalized spacial score (nSPS) is 10.9. The second-order valence-electron chi connectivity index (χ2n) is 7.53. The van der Waals surface area contributed by atoms with Gasteiger partial charge < -0.3 is 14.0 Å². The fourth-order valence-corrected chi connectivity index (χ4v) is 3.15. The lowest BCUT2D eigenvalue weighted by Gasteiger charge is -2.11. The van der Waals surface area contributed by atoms with Crippen molar-refractivity contribution in [2.24, 2.45) is 5.10 Å². The van der Waals surface area contributed by atoms with Crippen LogP contribution in [0.2, 0.25) is 0 Å². The SMILES string of the molecule is CCCOc1ccc(/C=N\NC(=O)c2cccn(Cc3ccc(C)cc3)c2=O)cc1OCC. The molecule has 7 heteroatoms. The molecule has 1 amide bonds. The molecule has 1 heterocycles. The van der Waals surface area contributed by atoms with E-state index < -0.39 is 5.91 Å². The Hall–Kier alpha value is -3.87. The first-order valence-electron chi connectivity index (χ1n) is 11.0. The predicted octanol–water partition coefficient (Wildman–Crippen LogP) is 4.16. The van der Waals surface area contributed by atoms with Crippen LogP contribution < -0.4 is 20.5 Å². The van der Waals surface area contributed by atoms with E-state index >= 15 is 0 Å². The minimum Gasteiger partial charge on any atom is -0.490 e. The Labute approximate surface area is 193 Å². The summed E-state index contributed by atoms with van der Waals surface area (Å²) in [4.78, 5) is 25.3. The van der Waals surface area contributed by atoms with Crippen molar-refractivity contribution >= 4 is 12.1 Å². The van der Waals surface area contributed by atoms with Gasteiger partial charge in [-0.3, -0.25) is 9.59 Å². The van der Waals surface area contributed by atoms with Gasteiger partial charge in [0, 0.05) is 6.20 Å². The monoisotopic (exact) mass is 447 g/mol. The molecule has 33 heavy (non-hydrogen) atoms. The Morgan fingerprint density at radius 1 is 1.06 bits per heavy atom. The Bertz CT molecular complexity index is 1170. The number of ether oxygens (including phenoxy) is 2. The van der Waals surface area contributed by atoms with E-state index in [1.165, 1.54) is 16.8 Å². The number of nitrogens with one attached hydrogen (secondary N) is 1. The molecule has 3 aromatic rings. The summed E-state index contributed by atoms with van der Waals surface area (Å²) < 4.78 is 12.8. The van der Waals surface area contributed by atoms with Crippen LogP contribution in [-0.2, 0) is 6.54 Å². The maximum Gasteiger partial charge on any atom is 0.276 e. The number of pyridine rings is 1. The van der Waals surface area contributed by atoms with Crippen LogP contribution in [0.1, 0.15) is 47.3 Å². The molecule has 0 unspecified atom stereocenters. The average molecular weight is 448 g/mol. The van der Waals surface area contributed by atoms with Crippen LogP contribution in [-0.4, -0.2) is 29.9 Å². The first-order valence-corrected chi connectivity index (χ1v) is 11.0. The molecule has 0 radical (unpaired) electrons. The van der Waals surface area contributed by atoms with Gasteiger partial charge in [-0.05, 0) is 61.7 Å². The van der Waals surface area contributed by atoms with E-state index in [0.29, 0.717) is 31.3 Å². The molecule has 0 saturated carbocycles. The highest BCUT2D eigenvalue weighted by Crippen LogP contribution is 2.28. The maximum atomic E-state index is 12.8. The van der Waals surface area contributed by atoms with E-state index in [2.05, 4.69) is 10.5 Å². The standard InChI is InChI=1S/C26H29N3O4/c1-4-15-33-23-13-12-21(16-24(23)32-5-2)17-27-28-25(30)22-7-6-14-29(26(22)31)18-20-10-8-19(3)9-11-20/h6-14,16-17H,4-5,15,18H2,1-3H3,(H,28,30)/b27-17-. The van der Waals surface area contributed by atoms with Crippen LogP contribution >= 0.6 is 0 Å². The molecular formula is C26H29N3O4. The molecule has 0 atom stereocenters. The summed E-state index contributed by atoms with van der Waals surface area (Å²) in [6.45, 7) is 7.43. The van der Waals surface area contributed by atoms with E-state index in [1.807, 2.05) is 57.2 Å². The summed E-state index contributed by atoms with van der Waals surface area (Å²) in [7, 11) is 0. The van der Waals surface area contributed by atoms with Crippen molar-refractivity contribution in [2.45, 2.75) is 33.7 Å². The lowest BCUT2D eigenvalue weighted by Crippen LogP contribution is -2.30. The van der Waals surface area contributed by atoms with E-state index in [0.717, 1.165) is 23.1 Å². The van der Waals surface area contributed by atoms with Crippen LogP contribution in [0.3, 0.4) is 0 Å². The molecule has 172 valence electrons. The van der Waals surface area contributed by atoms with Crippen molar-refractivity contribution < 1.29 is 14.3 Å². The van der Waals surface area contributed by atoms with Gasteiger partial charge in [0.2, 0.25) is 0 Å². The Morgan fingerprint density at radius 3 is 2.58 bits per heavy atom. The molecule has 0 spiro atoms. The van der Waals surface area contributed by atoms with Crippen molar-refractivity contribution in [2.75, 3.05) is 13.2 Å². The fourth-order valence-electron chi connectivity index (χ4n) is 3.15. The highest BCUT2D eigenvalue weighted by Gasteiger charge is 2.12. The van der Waals surface area contributed by atoms with Crippen LogP contribution in [0, 0.1) is 6.92 Å². The minimum atomic E-state index is -0.567. The van der Waals surface area contributed by atoms with E-state index in [4.69, 9.17) is 9.47 Å². The molecule has 0 bridgehead atoms.